The van der Waals surface area contributed by atoms with Gasteiger partial charge in [-0.05, 0) is 48.3 Å². The molecular formula is C14H12N4OS2. The molecule has 106 valence electrons. The molecule has 0 atom stereocenters. The summed E-state index contributed by atoms with van der Waals surface area (Å²) in [5, 5.41) is 11.2. The van der Waals surface area contributed by atoms with Crippen LogP contribution in [-0.4, -0.2) is 27.3 Å². The second-order valence-corrected chi connectivity index (χ2v) is 5.43. The standard InChI is InChI=1S/C14H12N4OS2/c1-21-11-6-4-10(5-7-11)9-15-18-13(16-17-14(18)20)12-3-2-8-19-12/h2-9H,1H3,(H,17,20)/b15-9+. The molecule has 0 fully saturated rings. The van der Waals surface area contributed by atoms with E-state index in [1.54, 1.807) is 30.3 Å². The minimum absolute atomic E-state index is 0.415. The molecule has 3 rings (SSSR count). The Labute approximate surface area is 130 Å². The van der Waals surface area contributed by atoms with Gasteiger partial charge in [0.15, 0.2) is 5.76 Å². The largest absolute Gasteiger partial charge is 0.461 e. The predicted molar refractivity (Wildman–Crippen MR) is 86.3 cm³/mol. The zero-order valence-corrected chi connectivity index (χ0v) is 12.8. The molecule has 1 aromatic carbocycles. The van der Waals surface area contributed by atoms with Gasteiger partial charge in [0.1, 0.15) is 0 Å². The quantitative estimate of drug-likeness (QED) is 0.452. The SMILES string of the molecule is CSc1ccc(/C=N/n2c(-c3ccco3)n[nH]c2=S)cc1. The van der Waals surface area contributed by atoms with Gasteiger partial charge in [0.25, 0.3) is 0 Å². The van der Waals surface area contributed by atoms with Crippen LogP contribution in [0, 0.1) is 4.77 Å². The molecule has 7 heteroatoms. The molecule has 21 heavy (non-hydrogen) atoms. The summed E-state index contributed by atoms with van der Waals surface area (Å²) in [6.07, 6.45) is 5.37. The molecule has 1 N–H and O–H groups in total. The normalized spacial score (nSPS) is 11.3. The van der Waals surface area contributed by atoms with Crippen LogP contribution in [-0.2, 0) is 0 Å². The van der Waals surface area contributed by atoms with Gasteiger partial charge in [-0.3, -0.25) is 0 Å². The van der Waals surface area contributed by atoms with E-state index >= 15 is 0 Å². The Balaban J connectivity index is 1.92. The van der Waals surface area contributed by atoms with Gasteiger partial charge < -0.3 is 4.42 Å². The number of furan rings is 1. The van der Waals surface area contributed by atoms with E-state index in [2.05, 4.69) is 15.3 Å². The number of thioether (sulfide) groups is 1. The van der Waals surface area contributed by atoms with Crippen LogP contribution >= 0.6 is 24.0 Å². The Morgan fingerprint density at radius 1 is 1.33 bits per heavy atom. The van der Waals surface area contributed by atoms with E-state index in [4.69, 9.17) is 16.6 Å². The van der Waals surface area contributed by atoms with Gasteiger partial charge in [0.05, 0.1) is 12.5 Å². The van der Waals surface area contributed by atoms with E-state index in [1.165, 1.54) is 9.57 Å². The van der Waals surface area contributed by atoms with Crippen LogP contribution in [0.2, 0.25) is 0 Å². The van der Waals surface area contributed by atoms with Crippen LogP contribution < -0.4 is 0 Å². The molecular weight excluding hydrogens is 304 g/mol. The number of hydrogen-bond acceptors (Lipinski definition) is 5. The Morgan fingerprint density at radius 3 is 2.81 bits per heavy atom. The van der Waals surface area contributed by atoms with Crippen molar-refractivity contribution in [2.45, 2.75) is 4.90 Å². The fraction of sp³-hybridized carbons (Fsp3) is 0.0714. The van der Waals surface area contributed by atoms with E-state index < -0.39 is 0 Å². The lowest BCUT2D eigenvalue weighted by Gasteiger charge is -1.98. The molecule has 0 amide bonds. The van der Waals surface area contributed by atoms with Crippen molar-refractivity contribution in [3.8, 4) is 11.6 Å². The number of hydrogen-bond donors (Lipinski definition) is 1. The Morgan fingerprint density at radius 2 is 2.14 bits per heavy atom. The maximum atomic E-state index is 5.33. The highest BCUT2D eigenvalue weighted by Crippen LogP contribution is 2.17. The van der Waals surface area contributed by atoms with Crippen LogP contribution in [0.4, 0.5) is 0 Å². The molecule has 0 spiro atoms. The highest BCUT2D eigenvalue weighted by atomic mass is 32.2. The van der Waals surface area contributed by atoms with Crippen molar-refractivity contribution in [3.63, 3.8) is 0 Å². The number of nitrogens with one attached hydrogen (secondary N) is 1. The van der Waals surface area contributed by atoms with Crippen molar-refractivity contribution >= 4 is 30.2 Å². The van der Waals surface area contributed by atoms with Crippen LogP contribution in [0.3, 0.4) is 0 Å². The number of nitrogens with zero attached hydrogens (tertiary/aromatic N) is 3. The molecule has 0 aliphatic carbocycles. The van der Waals surface area contributed by atoms with Crippen molar-refractivity contribution in [2.75, 3.05) is 6.26 Å². The van der Waals surface area contributed by atoms with Crippen molar-refractivity contribution in [1.29, 1.82) is 0 Å². The summed E-state index contributed by atoms with van der Waals surface area (Å²) in [6, 6.07) is 11.7. The molecule has 0 radical (unpaired) electrons. The summed E-state index contributed by atoms with van der Waals surface area (Å²) in [6.45, 7) is 0. The first-order chi connectivity index (χ1) is 10.3. The zero-order valence-electron chi connectivity index (χ0n) is 11.2. The van der Waals surface area contributed by atoms with Gasteiger partial charge in [-0.15, -0.1) is 16.9 Å². The average Bonchev–Trinajstić information content (AvgIpc) is 3.15. The van der Waals surface area contributed by atoms with Crippen LogP contribution in [0.5, 0.6) is 0 Å². The fourth-order valence-electron chi connectivity index (χ4n) is 1.78. The third kappa shape index (κ3) is 2.98. The first-order valence-electron chi connectivity index (χ1n) is 6.17. The lowest BCUT2D eigenvalue weighted by atomic mass is 10.2. The van der Waals surface area contributed by atoms with Gasteiger partial charge in [-0.1, -0.05) is 12.1 Å². The Hall–Kier alpha value is -2.12. The zero-order chi connectivity index (χ0) is 14.7. The molecule has 0 unspecified atom stereocenters. The minimum Gasteiger partial charge on any atom is -0.461 e. The number of rotatable bonds is 4. The maximum absolute atomic E-state index is 5.33. The van der Waals surface area contributed by atoms with Gasteiger partial charge in [-0.2, -0.15) is 9.78 Å². The number of aromatic nitrogens is 3. The molecule has 0 aliphatic heterocycles. The van der Waals surface area contributed by atoms with Crippen LogP contribution in [0.25, 0.3) is 11.6 Å². The van der Waals surface area contributed by atoms with Crippen molar-refractivity contribution in [2.24, 2.45) is 5.10 Å². The third-order valence-corrected chi connectivity index (χ3v) is 3.84. The van der Waals surface area contributed by atoms with E-state index in [0.717, 1.165) is 5.56 Å². The number of H-pyrrole nitrogens is 1. The van der Waals surface area contributed by atoms with Crippen molar-refractivity contribution < 1.29 is 4.42 Å². The van der Waals surface area contributed by atoms with Crippen LogP contribution in [0.15, 0.2) is 57.1 Å². The lowest BCUT2D eigenvalue weighted by molar-refractivity contribution is 0.573. The summed E-state index contributed by atoms with van der Waals surface area (Å²) in [4.78, 5) is 1.21. The predicted octanol–water partition coefficient (Wildman–Crippen LogP) is 3.80. The second kappa shape index (κ2) is 6.11. The van der Waals surface area contributed by atoms with Gasteiger partial charge in [0.2, 0.25) is 10.6 Å². The fourth-order valence-corrected chi connectivity index (χ4v) is 2.37. The van der Waals surface area contributed by atoms with E-state index in [-0.39, 0.29) is 0 Å². The molecule has 2 heterocycles. The van der Waals surface area contributed by atoms with Gasteiger partial charge in [0, 0.05) is 4.90 Å². The highest BCUT2D eigenvalue weighted by Gasteiger charge is 2.10. The Kier molecular flexibility index (Phi) is 4.03. The van der Waals surface area contributed by atoms with Crippen molar-refractivity contribution in [1.82, 2.24) is 14.9 Å². The summed E-state index contributed by atoms with van der Waals surface area (Å²) < 4.78 is 7.28. The second-order valence-electron chi connectivity index (χ2n) is 4.16. The minimum atomic E-state index is 0.415. The van der Waals surface area contributed by atoms with Gasteiger partial charge in [-0.25, -0.2) is 5.10 Å². The molecule has 3 aromatic rings. The summed E-state index contributed by atoms with van der Waals surface area (Å²) in [5.74, 6) is 1.15. The molecule has 0 bridgehead atoms. The topological polar surface area (TPSA) is 59.1 Å². The summed E-state index contributed by atoms with van der Waals surface area (Å²) >= 11 is 6.89. The molecule has 0 aliphatic rings. The number of benzene rings is 1. The average molecular weight is 316 g/mol. The lowest BCUT2D eigenvalue weighted by Crippen LogP contribution is -1.94. The number of aromatic amines is 1. The summed E-state index contributed by atoms with van der Waals surface area (Å²) in [7, 11) is 0. The van der Waals surface area contributed by atoms with E-state index in [1.807, 2.05) is 36.6 Å². The monoisotopic (exact) mass is 316 g/mol. The van der Waals surface area contributed by atoms with Crippen LogP contribution in [0.1, 0.15) is 5.56 Å². The molecule has 0 saturated carbocycles. The van der Waals surface area contributed by atoms with E-state index in [0.29, 0.717) is 16.4 Å². The Bertz CT molecular complexity index is 800. The highest BCUT2D eigenvalue weighted by molar-refractivity contribution is 7.98. The molecule has 5 nitrogen and oxygen atoms in total. The third-order valence-electron chi connectivity index (χ3n) is 2.83. The molecule has 0 saturated heterocycles. The smallest absolute Gasteiger partial charge is 0.219 e. The van der Waals surface area contributed by atoms with E-state index in [9.17, 15) is 0 Å². The first-order valence-corrected chi connectivity index (χ1v) is 7.81. The maximum Gasteiger partial charge on any atom is 0.219 e. The van der Waals surface area contributed by atoms with Gasteiger partial charge >= 0.3 is 0 Å². The first kappa shape index (κ1) is 13.8. The summed E-state index contributed by atoms with van der Waals surface area (Å²) in [5.41, 5.74) is 0.987. The van der Waals surface area contributed by atoms with Crippen molar-refractivity contribution in [3.05, 3.63) is 53.0 Å². The molecule has 2 aromatic heterocycles.